The van der Waals surface area contributed by atoms with Crippen LogP contribution in [0.5, 0.6) is 5.75 Å². The van der Waals surface area contributed by atoms with Gasteiger partial charge in [-0.15, -0.1) is 0 Å². The number of aryl methyl sites for hydroxylation is 1. The highest BCUT2D eigenvalue weighted by atomic mass is 19.1. The van der Waals surface area contributed by atoms with Crippen molar-refractivity contribution in [2.75, 3.05) is 7.11 Å². The predicted octanol–water partition coefficient (Wildman–Crippen LogP) is 1.93. The van der Waals surface area contributed by atoms with Gasteiger partial charge in [0.15, 0.2) is 0 Å². The Kier molecular flexibility index (Phi) is 4.03. The number of ether oxygens (including phenoxy) is 1. The lowest BCUT2D eigenvalue weighted by Gasteiger charge is -2.12. The van der Waals surface area contributed by atoms with Gasteiger partial charge in [0, 0.05) is 5.56 Å². The number of aromatic nitrogens is 2. The summed E-state index contributed by atoms with van der Waals surface area (Å²) >= 11 is 0. The fraction of sp³-hybridized carbons (Fsp3) is 0.267. The number of hydrogen-bond donors (Lipinski definition) is 0. The third-order valence-corrected chi connectivity index (χ3v) is 3.31. The maximum Gasteiger partial charge on any atom is 0.285 e. The first-order valence-electron chi connectivity index (χ1n) is 6.28. The number of nitriles is 1. The summed E-state index contributed by atoms with van der Waals surface area (Å²) in [6, 6.07) is 5.94. The predicted molar refractivity (Wildman–Crippen MR) is 74.7 cm³/mol. The first kappa shape index (κ1) is 14.7. The molecule has 0 saturated heterocycles. The van der Waals surface area contributed by atoms with E-state index in [1.54, 1.807) is 13.8 Å². The van der Waals surface area contributed by atoms with Crippen LogP contribution in [0.15, 0.2) is 23.0 Å². The van der Waals surface area contributed by atoms with Crippen LogP contribution in [0.25, 0.3) is 0 Å². The summed E-state index contributed by atoms with van der Waals surface area (Å²) in [4.78, 5) is 12.2. The summed E-state index contributed by atoms with van der Waals surface area (Å²) in [6.07, 6.45) is 0. The molecule has 0 N–H and O–H groups in total. The number of methoxy groups -OCH3 is 1. The van der Waals surface area contributed by atoms with Crippen LogP contribution in [-0.2, 0) is 6.54 Å². The molecule has 0 atom stereocenters. The fourth-order valence-electron chi connectivity index (χ4n) is 2.04. The first-order chi connectivity index (χ1) is 9.97. The fourth-order valence-corrected chi connectivity index (χ4v) is 2.04. The lowest BCUT2D eigenvalue weighted by Crippen LogP contribution is -2.28. The normalized spacial score (nSPS) is 10.2. The highest BCUT2D eigenvalue weighted by Gasteiger charge is 2.13. The second-order valence-corrected chi connectivity index (χ2v) is 4.62. The Morgan fingerprint density at radius 1 is 1.43 bits per heavy atom. The Balaban J connectivity index is 2.56. The van der Waals surface area contributed by atoms with Gasteiger partial charge >= 0.3 is 0 Å². The highest BCUT2D eigenvalue weighted by molar-refractivity contribution is 5.37. The molecule has 0 unspecified atom stereocenters. The van der Waals surface area contributed by atoms with Gasteiger partial charge in [-0.2, -0.15) is 10.4 Å². The van der Waals surface area contributed by atoms with Gasteiger partial charge in [-0.25, -0.2) is 9.07 Å². The van der Waals surface area contributed by atoms with E-state index in [-0.39, 0.29) is 12.1 Å². The average Bonchev–Trinajstić information content (AvgIpc) is 2.46. The van der Waals surface area contributed by atoms with E-state index in [9.17, 15) is 9.18 Å². The molecule has 0 spiro atoms. The zero-order valence-corrected chi connectivity index (χ0v) is 12.0. The van der Waals surface area contributed by atoms with Crippen molar-refractivity contribution in [2.45, 2.75) is 20.4 Å². The third kappa shape index (κ3) is 2.77. The van der Waals surface area contributed by atoms with Crippen molar-refractivity contribution < 1.29 is 9.13 Å². The van der Waals surface area contributed by atoms with Gasteiger partial charge in [0.2, 0.25) is 0 Å². The van der Waals surface area contributed by atoms with Crippen LogP contribution in [0.2, 0.25) is 0 Å². The van der Waals surface area contributed by atoms with E-state index in [1.807, 2.05) is 6.07 Å². The second kappa shape index (κ2) is 5.75. The van der Waals surface area contributed by atoms with Crippen molar-refractivity contribution >= 4 is 0 Å². The molecule has 0 bridgehead atoms. The molecule has 0 saturated carbocycles. The Labute approximate surface area is 121 Å². The van der Waals surface area contributed by atoms with Gasteiger partial charge in [-0.1, -0.05) is 0 Å². The molecule has 21 heavy (non-hydrogen) atoms. The van der Waals surface area contributed by atoms with Crippen LogP contribution >= 0.6 is 0 Å². The van der Waals surface area contributed by atoms with E-state index < -0.39 is 11.4 Å². The molecule has 1 heterocycles. The molecule has 0 amide bonds. The standard InChI is InChI=1S/C15H14FN3O2/c1-9-10(2)18-19(15(20)13(9)7-17)8-11-6-12(16)4-5-14(11)21-3/h4-6H,8H2,1-3H3. The van der Waals surface area contributed by atoms with E-state index in [2.05, 4.69) is 5.10 Å². The maximum absolute atomic E-state index is 13.4. The summed E-state index contributed by atoms with van der Waals surface area (Å²) in [6.45, 7) is 3.43. The topological polar surface area (TPSA) is 67.9 Å². The van der Waals surface area contributed by atoms with Gasteiger partial charge in [0.25, 0.3) is 5.56 Å². The molecule has 0 aliphatic carbocycles. The first-order valence-corrected chi connectivity index (χ1v) is 6.28. The van der Waals surface area contributed by atoms with Crippen LogP contribution in [0.1, 0.15) is 22.4 Å². The van der Waals surface area contributed by atoms with Gasteiger partial charge < -0.3 is 4.74 Å². The molecule has 2 aromatic rings. The smallest absolute Gasteiger partial charge is 0.285 e. The molecule has 2 rings (SSSR count). The van der Waals surface area contributed by atoms with Gasteiger partial charge in [0.05, 0.1) is 19.3 Å². The number of halogens is 1. The molecule has 1 aromatic carbocycles. The van der Waals surface area contributed by atoms with Gasteiger partial charge in [0.1, 0.15) is 23.2 Å². The lowest BCUT2D eigenvalue weighted by molar-refractivity contribution is 0.405. The molecule has 0 aliphatic rings. The van der Waals surface area contributed by atoms with Crippen LogP contribution in [0.3, 0.4) is 0 Å². The quantitative estimate of drug-likeness (QED) is 0.865. The molecule has 0 fully saturated rings. The van der Waals surface area contributed by atoms with Crippen LogP contribution in [0, 0.1) is 31.0 Å². The summed E-state index contributed by atoms with van der Waals surface area (Å²) in [5.74, 6) is 0.0324. The largest absolute Gasteiger partial charge is 0.496 e. The van der Waals surface area contributed by atoms with Gasteiger partial charge in [-0.3, -0.25) is 4.79 Å². The van der Waals surface area contributed by atoms with Crippen LogP contribution in [0.4, 0.5) is 4.39 Å². The summed E-state index contributed by atoms with van der Waals surface area (Å²) in [5, 5.41) is 13.2. The summed E-state index contributed by atoms with van der Waals surface area (Å²) in [7, 11) is 1.47. The minimum atomic E-state index is -0.494. The van der Waals surface area contributed by atoms with E-state index >= 15 is 0 Å². The zero-order valence-electron chi connectivity index (χ0n) is 12.0. The maximum atomic E-state index is 13.4. The Hall–Kier alpha value is -2.68. The number of benzene rings is 1. The van der Waals surface area contributed by atoms with Crippen molar-refractivity contribution in [2.24, 2.45) is 0 Å². The minimum absolute atomic E-state index is 0.0373. The zero-order chi connectivity index (χ0) is 15.6. The SMILES string of the molecule is COc1ccc(F)cc1Cn1nc(C)c(C)c(C#N)c1=O. The molecular weight excluding hydrogens is 273 g/mol. The summed E-state index contributed by atoms with van der Waals surface area (Å²) < 4.78 is 19.7. The molecule has 0 radical (unpaired) electrons. The molecular formula is C15H14FN3O2. The van der Waals surface area contributed by atoms with Crippen LogP contribution < -0.4 is 10.3 Å². The van der Waals surface area contributed by atoms with Crippen molar-refractivity contribution in [1.29, 1.82) is 5.26 Å². The molecule has 0 aliphatic heterocycles. The molecule has 5 nitrogen and oxygen atoms in total. The average molecular weight is 287 g/mol. The van der Waals surface area contributed by atoms with Crippen LogP contribution in [-0.4, -0.2) is 16.9 Å². The number of hydrogen-bond acceptors (Lipinski definition) is 4. The third-order valence-electron chi connectivity index (χ3n) is 3.31. The molecule has 108 valence electrons. The Bertz CT molecular complexity index is 791. The van der Waals surface area contributed by atoms with Gasteiger partial charge in [-0.05, 0) is 37.6 Å². The lowest BCUT2D eigenvalue weighted by atomic mass is 10.1. The van der Waals surface area contributed by atoms with Crippen molar-refractivity contribution in [1.82, 2.24) is 9.78 Å². The monoisotopic (exact) mass is 287 g/mol. The minimum Gasteiger partial charge on any atom is -0.496 e. The number of nitrogens with zero attached hydrogens (tertiary/aromatic N) is 3. The molecule has 6 heteroatoms. The van der Waals surface area contributed by atoms with E-state index in [1.165, 1.54) is 25.3 Å². The van der Waals surface area contributed by atoms with E-state index in [0.717, 1.165) is 4.68 Å². The van der Waals surface area contributed by atoms with E-state index in [4.69, 9.17) is 10.00 Å². The Morgan fingerprint density at radius 2 is 2.14 bits per heavy atom. The number of rotatable bonds is 3. The molecule has 1 aromatic heterocycles. The van der Waals surface area contributed by atoms with E-state index in [0.29, 0.717) is 22.6 Å². The van der Waals surface area contributed by atoms with Crippen molar-refractivity contribution in [3.05, 3.63) is 56.8 Å². The van der Waals surface area contributed by atoms with Crippen molar-refractivity contribution in [3.8, 4) is 11.8 Å². The van der Waals surface area contributed by atoms with Crippen molar-refractivity contribution in [3.63, 3.8) is 0 Å². The highest BCUT2D eigenvalue weighted by Crippen LogP contribution is 2.20. The summed E-state index contributed by atoms with van der Waals surface area (Å²) in [5.41, 5.74) is 1.19. The second-order valence-electron chi connectivity index (χ2n) is 4.62. The Morgan fingerprint density at radius 3 is 2.76 bits per heavy atom.